The number of rotatable bonds is 2. The van der Waals surface area contributed by atoms with Crippen molar-refractivity contribution in [2.75, 3.05) is 11.4 Å². The summed E-state index contributed by atoms with van der Waals surface area (Å²) in [7, 11) is 0. The minimum Gasteiger partial charge on any atom is -0.338 e. The molecular formula is C16H16F2N2. The van der Waals surface area contributed by atoms with Gasteiger partial charge in [0.2, 0.25) is 0 Å². The molecule has 4 heteroatoms. The topological polar surface area (TPSA) is 29.3 Å². The summed E-state index contributed by atoms with van der Waals surface area (Å²) < 4.78 is 27.7. The largest absolute Gasteiger partial charge is 0.338 e. The van der Waals surface area contributed by atoms with Crippen molar-refractivity contribution in [3.8, 4) is 0 Å². The predicted octanol–water partition coefficient (Wildman–Crippen LogP) is 3.68. The maximum absolute atomic E-state index is 14.3. The van der Waals surface area contributed by atoms with Crippen molar-refractivity contribution in [3.63, 3.8) is 0 Å². The summed E-state index contributed by atoms with van der Waals surface area (Å²) in [5, 5.41) is 0. The van der Waals surface area contributed by atoms with Crippen molar-refractivity contribution in [2.45, 2.75) is 19.4 Å². The van der Waals surface area contributed by atoms with Crippen LogP contribution in [0.3, 0.4) is 0 Å². The van der Waals surface area contributed by atoms with Gasteiger partial charge in [0.1, 0.15) is 11.6 Å². The Morgan fingerprint density at radius 3 is 2.75 bits per heavy atom. The molecule has 0 radical (unpaired) electrons. The number of halogens is 2. The van der Waals surface area contributed by atoms with Crippen LogP contribution < -0.4 is 10.6 Å². The number of benzene rings is 2. The Hall–Kier alpha value is -1.94. The van der Waals surface area contributed by atoms with E-state index in [2.05, 4.69) is 0 Å². The van der Waals surface area contributed by atoms with Crippen LogP contribution in [-0.4, -0.2) is 6.54 Å². The van der Waals surface area contributed by atoms with E-state index in [0.29, 0.717) is 12.2 Å². The number of nitrogens with two attached hydrogens (primary N) is 1. The molecule has 0 aromatic heterocycles. The van der Waals surface area contributed by atoms with Crippen molar-refractivity contribution in [1.82, 2.24) is 0 Å². The average molecular weight is 274 g/mol. The van der Waals surface area contributed by atoms with Crippen molar-refractivity contribution in [3.05, 3.63) is 59.2 Å². The van der Waals surface area contributed by atoms with Crippen LogP contribution in [0, 0.1) is 11.6 Å². The van der Waals surface area contributed by atoms with Crippen LogP contribution in [0.4, 0.5) is 20.2 Å². The number of nitrogens with zero attached hydrogens (tertiary/aromatic N) is 1. The van der Waals surface area contributed by atoms with Crippen LogP contribution in [0.1, 0.15) is 24.1 Å². The smallest absolute Gasteiger partial charge is 0.147 e. The lowest BCUT2D eigenvalue weighted by molar-refractivity contribution is 0.618. The van der Waals surface area contributed by atoms with Gasteiger partial charge in [-0.25, -0.2) is 8.78 Å². The number of hydrogen-bond donors (Lipinski definition) is 1. The van der Waals surface area contributed by atoms with Crippen LogP contribution in [-0.2, 0) is 6.42 Å². The van der Waals surface area contributed by atoms with Crippen molar-refractivity contribution >= 4 is 11.4 Å². The number of hydrogen-bond acceptors (Lipinski definition) is 2. The summed E-state index contributed by atoms with van der Waals surface area (Å²) in [5.41, 5.74) is 8.90. The van der Waals surface area contributed by atoms with Crippen LogP contribution in [0.5, 0.6) is 0 Å². The zero-order chi connectivity index (χ0) is 14.3. The molecule has 1 unspecified atom stereocenters. The highest BCUT2D eigenvalue weighted by Crippen LogP contribution is 2.39. The molecule has 2 aromatic rings. The van der Waals surface area contributed by atoms with Gasteiger partial charge in [0.25, 0.3) is 0 Å². The van der Waals surface area contributed by atoms with Crippen LogP contribution in [0.2, 0.25) is 0 Å². The maximum Gasteiger partial charge on any atom is 0.147 e. The minimum absolute atomic E-state index is 0.279. The molecule has 1 aliphatic rings. The third-order valence-electron chi connectivity index (χ3n) is 3.72. The van der Waals surface area contributed by atoms with E-state index >= 15 is 0 Å². The van der Waals surface area contributed by atoms with Gasteiger partial charge in [-0.1, -0.05) is 18.2 Å². The first-order valence-corrected chi connectivity index (χ1v) is 6.68. The molecule has 0 bridgehead atoms. The van der Waals surface area contributed by atoms with E-state index in [-0.39, 0.29) is 17.7 Å². The molecule has 0 spiro atoms. The highest BCUT2D eigenvalue weighted by molar-refractivity contribution is 5.73. The molecule has 20 heavy (non-hydrogen) atoms. The Kier molecular flexibility index (Phi) is 3.18. The predicted molar refractivity (Wildman–Crippen MR) is 76.1 cm³/mol. The van der Waals surface area contributed by atoms with Gasteiger partial charge in [-0.05, 0) is 42.7 Å². The van der Waals surface area contributed by atoms with E-state index in [4.69, 9.17) is 5.73 Å². The molecule has 0 aliphatic carbocycles. The third-order valence-corrected chi connectivity index (χ3v) is 3.72. The van der Waals surface area contributed by atoms with Crippen LogP contribution in [0.15, 0.2) is 36.4 Å². The lowest BCUT2D eigenvalue weighted by Crippen LogP contribution is -2.19. The lowest BCUT2D eigenvalue weighted by Gasteiger charge is -2.24. The van der Waals surface area contributed by atoms with E-state index < -0.39 is 0 Å². The highest BCUT2D eigenvalue weighted by Gasteiger charge is 2.26. The molecule has 0 fully saturated rings. The molecular weight excluding hydrogens is 258 g/mol. The third kappa shape index (κ3) is 2.06. The summed E-state index contributed by atoms with van der Waals surface area (Å²) in [6.07, 6.45) is 0.780. The molecule has 0 amide bonds. The minimum atomic E-state index is -0.322. The van der Waals surface area contributed by atoms with Crippen molar-refractivity contribution < 1.29 is 8.78 Å². The van der Waals surface area contributed by atoms with Gasteiger partial charge in [0, 0.05) is 18.3 Å². The molecule has 0 saturated heterocycles. The number of anilines is 2. The second-order valence-corrected chi connectivity index (χ2v) is 5.14. The Morgan fingerprint density at radius 1 is 1.20 bits per heavy atom. The summed E-state index contributed by atoms with van der Waals surface area (Å²) in [6.45, 7) is 2.46. The van der Waals surface area contributed by atoms with E-state index in [9.17, 15) is 8.78 Å². The van der Waals surface area contributed by atoms with E-state index in [1.165, 1.54) is 18.2 Å². The average Bonchev–Trinajstić information content (AvgIpc) is 2.81. The fourth-order valence-corrected chi connectivity index (χ4v) is 2.77. The normalized spacial score (nSPS) is 15.3. The van der Waals surface area contributed by atoms with Gasteiger partial charge in [0.05, 0.1) is 5.69 Å². The maximum atomic E-state index is 14.3. The van der Waals surface area contributed by atoms with Crippen molar-refractivity contribution in [1.29, 1.82) is 0 Å². The summed E-state index contributed by atoms with van der Waals surface area (Å²) >= 11 is 0. The standard InChI is InChI=1S/C16H16F2N2/c1-10(19)13-3-2-4-14(18)16(13)20-8-7-11-5-6-12(17)9-15(11)20/h2-6,9-10H,7-8,19H2,1H3. The zero-order valence-electron chi connectivity index (χ0n) is 11.2. The second kappa shape index (κ2) is 4.87. The van der Waals surface area contributed by atoms with E-state index in [1.54, 1.807) is 12.1 Å². The van der Waals surface area contributed by atoms with Crippen LogP contribution >= 0.6 is 0 Å². The first-order chi connectivity index (χ1) is 9.58. The van der Waals surface area contributed by atoms with Crippen molar-refractivity contribution in [2.24, 2.45) is 5.73 Å². The summed E-state index contributed by atoms with van der Waals surface area (Å²) in [4.78, 5) is 1.83. The highest BCUT2D eigenvalue weighted by atomic mass is 19.1. The first kappa shape index (κ1) is 13.1. The van der Waals surface area contributed by atoms with Gasteiger partial charge >= 0.3 is 0 Å². The van der Waals surface area contributed by atoms with Gasteiger partial charge < -0.3 is 10.6 Å². The van der Waals surface area contributed by atoms with E-state index in [0.717, 1.165) is 23.2 Å². The Morgan fingerprint density at radius 2 is 2.00 bits per heavy atom. The Balaban J connectivity index is 2.15. The second-order valence-electron chi connectivity index (χ2n) is 5.14. The van der Waals surface area contributed by atoms with Crippen LogP contribution in [0.25, 0.3) is 0 Å². The lowest BCUT2D eigenvalue weighted by atomic mass is 10.1. The summed E-state index contributed by atoms with van der Waals surface area (Å²) in [5.74, 6) is -0.633. The molecule has 1 heterocycles. The summed E-state index contributed by atoms with van der Waals surface area (Å²) in [6, 6.07) is 9.27. The van der Waals surface area contributed by atoms with Gasteiger partial charge in [0.15, 0.2) is 0 Å². The van der Waals surface area contributed by atoms with Gasteiger partial charge in [-0.15, -0.1) is 0 Å². The molecule has 2 nitrogen and oxygen atoms in total. The Labute approximate surface area is 116 Å². The molecule has 1 aliphatic heterocycles. The monoisotopic (exact) mass is 274 g/mol. The molecule has 3 rings (SSSR count). The van der Waals surface area contributed by atoms with Gasteiger partial charge in [-0.3, -0.25) is 0 Å². The number of fused-ring (bicyclic) bond motifs is 1. The zero-order valence-corrected chi connectivity index (χ0v) is 11.2. The Bertz CT molecular complexity index is 653. The molecule has 2 N–H and O–H groups in total. The fourth-order valence-electron chi connectivity index (χ4n) is 2.77. The first-order valence-electron chi connectivity index (χ1n) is 6.68. The molecule has 104 valence electrons. The fraction of sp³-hybridized carbons (Fsp3) is 0.250. The molecule has 1 atom stereocenters. The number of para-hydroxylation sites is 1. The van der Waals surface area contributed by atoms with Gasteiger partial charge in [-0.2, -0.15) is 0 Å². The quantitative estimate of drug-likeness (QED) is 0.905. The van der Waals surface area contributed by atoms with E-state index in [1.807, 2.05) is 17.9 Å². The molecule has 2 aromatic carbocycles. The SMILES string of the molecule is CC(N)c1cccc(F)c1N1CCc2ccc(F)cc21. The molecule has 0 saturated carbocycles.